The molecule has 0 aliphatic carbocycles. The number of pyridine rings is 1. The van der Waals surface area contributed by atoms with E-state index in [1.165, 1.54) is 18.4 Å². The standard InChI is InChI=1S/C13H9N2O3/c16-9-11(8-10-4-1-2-6-14-10)15-13(17)12-5-3-7-18-12/h1-8H,(H,15,17)/b11-8+. The lowest BCUT2D eigenvalue weighted by Gasteiger charge is -2.00. The zero-order valence-electron chi connectivity index (χ0n) is 9.29. The molecule has 0 unspecified atom stereocenters. The molecular weight excluding hydrogens is 232 g/mol. The van der Waals surface area contributed by atoms with Crippen molar-refractivity contribution in [3.05, 3.63) is 59.9 Å². The summed E-state index contributed by atoms with van der Waals surface area (Å²) >= 11 is 0. The predicted octanol–water partition coefficient (Wildman–Crippen LogP) is 1.56. The van der Waals surface area contributed by atoms with E-state index in [0.29, 0.717) is 5.69 Å². The van der Waals surface area contributed by atoms with Gasteiger partial charge in [0.1, 0.15) is 0 Å². The van der Waals surface area contributed by atoms with Crippen LogP contribution in [-0.4, -0.2) is 17.2 Å². The minimum absolute atomic E-state index is 0.00454. The van der Waals surface area contributed by atoms with Gasteiger partial charge in [-0.25, -0.2) is 0 Å². The molecule has 2 rings (SSSR count). The Balaban J connectivity index is 2.13. The Morgan fingerprint density at radius 2 is 2.22 bits per heavy atom. The first-order valence-electron chi connectivity index (χ1n) is 5.15. The topological polar surface area (TPSA) is 72.2 Å². The number of hydrogen-bond donors (Lipinski definition) is 1. The van der Waals surface area contributed by atoms with Gasteiger partial charge in [0.15, 0.2) is 5.76 Å². The monoisotopic (exact) mass is 241 g/mol. The Bertz CT molecular complexity index is 559. The average molecular weight is 241 g/mol. The highest BCUT2D eigenvalue weighted by atomic mass is 16.3. The summed E-state index contributed by atoms with van der Waals surface area (Å²) in [5.41, 5.74) is 0.547. The summed E-state index contributed by atoms with van der Waals surface area (Å²) in [7, 11) is 0. The second-order valence-corrected chi connectivity index (χ2v) is 3.35. The van der Waals surface area contributed by atoms with Gasteiger partial charge in [0.05, 0.1) is 17.7 Å². The quantitative estimate of drug-likeness (QED) is 0.824. The molecule has 2 aromatic rings. The van der Waals surface area contributed by atoms with E-state index in [1.54, 1.807) is 36.7 Å². The molecule has 2 heterocycles. The van der Waals surface area contributed by atoms with E-state index in [4.69, 9.17) is 4.42 Å². The van der Waals surface area contributed by atoms with Crippen LogP contribution < -0.4 is 5.32 Å². The second kappa shape index (κ2) is 5.58. The van der Waals surface area contributed by atoms with Gasteiger partial charge in [-0.05, 0) is 30.3 Å². The van der Waals surface area contributed by atoms with Crippen LogP contribution in [0.15, 0.2) is 52.9 Å². The summed E-state index contributed by atoms with van der Waals surface area (Å²) in [6, 6.07) is 8.31. The zero-order valence-corrected chi connectivity index (χ0v) is 9.29. The number of allylic oxidation sites excluding steroid dienone is 1. The van der Waals surface area contributed by atoms with Crippen molar-refractivity contribution in [3.8, 4) is 0 Å². The fraction of sp³-hybridized carbons (Fsp3) is 0. The van der Waals surface area contributed by atoms with Gasteiger partial charge in [0.25, 0.3) is 12.2 Å². The van der Waals surface area contributed by atoms with Crippen LogP contribution in [0.3, 0.4) is 0 Å². The lowest BCUT2D eigenvalue weighted by atomic mass is 10.3. The lowest BCUT2D eigenvalue weighted by Crippen LogP contribution is -2.22. The molecule has 2 aromatic heterocycles. The molecule has 0 aliphatic heterocycles. The largest absolute Gasteiger partial charge is 0.459 e. The van der Waals surface area contributed by atoms with Crippen LogP contribution in [0.2, 0.25) is 0 Å². The van der Waals surface area contributed by atoms with Crippen LogP contribution in [0.4, 0.5) is 0 Å². The highest BCUT2D eigenvalue weighted by Gasteiger charge is 2.10. The minimum atomic E-state index is -0.509. The van der Waals surface area contributed by atoms with Crippen LogP contribution in [0, 0.1) is 0 Å². The molecule has 5 nitrogen and oxygen atoms in total. The molecule has 0 aliphatic rings. The Morgan fingerprint density at radius 3 is 2.83 bits per heavy atom. The fourth-order valence-electron chi connectivity index (χ4n) is 1.29. The van der Waals surface area contributed by atoms with Crippen molar-refractivity contribution in [2.24, 2.45) is 0 Å². The zero-order chi connectivity index (χ0) is 12.8. The van der Waals surface area contributed by atoms with Gasteiger partial charge in [-0.2, -0.15) is 0 Å². The molecule has 1 N–H and O–H groups in total. The average Bonchev–Trinajstić information content (AvgIpc) is 2.93. The van der Waals surface area contributed by atoms with Crippen LogP contribution >= 0.6 is 0 Å². The number of rotatable bonds is 4. The van der Waals surface area contributed by atoms with Crippen LogP contribution in [-0.2, 0) is 4.79 Å². The molecule has 1 amide bonds. The van der Waals surface area contributed by atoms with Gasteiger partial charge in [-0.15, -0.1) is 0 Å². The number of amides is 1. The Labute approximate surface area is 103 Å². The number of carbonyl (C=O) groups is 1. The van der Waals surface area contributed by atoms with Crippen molar-refractivity contribution >= 4 is 18.3 Å². The molecular formula is C13H9N2O3. The van der Waals surface area contributed by atoms with Crippen LogP contribution in [0.1, 0.15) is 16.2 Å². The summed E-state index contributed by atoms with van der Waals surface area (Å²) < 4.78 is 4.91. The molecule has 0 bridgehead atoms. The molecule has 0 aromatic carbocycles. The van der Waals surface area contributed by atoms with Gasteiger partial charge in [-0.3, -0.25) is 14.6 Å². The van der Waals surface area contributed by atoms with Crippen molar-refractivity contribution < 1.29 is 14.0 Å². The maximum atomic E-state index is 11.6. The third kappa shape index (κ3) is 2.91. The number of nitrogens with one attached hydrogen (secondary N) is 1. The number of carbonyl (C=O) groups excluding carboxylic acids is 2. The summed E-state index contributed by atoms with van der Waals surface area (Å²) in [4.78, 5) is 26.4. The Hall–Kier alpha value is -2.69. The normalized spacial score (nSPS) is 11.0. The number of nitrogens with zero attached hydrogens (tertiary/aromatic N) is 1. The molecule has 1 radical (unpaired) electrons. The molecule has 0 atom stereocenters. The lowest BCUT2D eigenvalue weighted by molar-refractivity contribution is 0.0940. The maximum absolute atomic E-state index is 11.6. The van der Waals surface area contributed by atoms with Crippen molar-refractivity contribution in [3.63, 3.8) is 0 Å². The van der Waals surface area contributed by atoms with E-state index in [1.807, 2.05) is 0 Å². The summed E-state index contributed by atoms with van der Waals surface area (Å²) in [5.74, 6) is -0.386. The van der Waals surface area contributed by atoms with E-state index < -0.39 is 5.91 Å². The fourth-order valence-corrected chi connectivity index (χ4v) is 1.29. The van der Waals surface area contributed by atoms with Gasteiger partial charge in [0, 0.05) is 6.20 Å². The van der Waals surface area contributed by atoms with E-state index >= 15 is 0 Å². The highest BCUT2D eigenvalue weighted by molar-refractivity contribution is 5.97. The SMILES string of the molecule is O=[C]/C(=C\c1ccccn1)NC(=O)c1ccco1. The van der Waals surface area contributed by atoms with Crippen molar-refractivity contribution in [1.29, 1.82) is 0 Å². The first-order chi connectivity index (χ1) is 8.79. The third-order valence-corrected chi connectivity index (χ3v) is 2.08. The summed E-state index contributed by atoms with van der Waals surface area (Å²) in [6.07, 6.45) is 6.03. The molecule has 0 saturated heterocycles. The van der Waals surface area contributed by atoms with Gasteiger partial charge in [0.2, 0.25) is 0 Å². The Kier molecular flexibility index (Phi) is 3.66. The second-order valence-electron chi connectivity index (χ2n) is 3.35. The minimum Gasteiger partial charge on any atom is -0.459 e. The molecule has 0 spiro atoms. The predicted molar refractivity (Wildman–Crippen MR) is 64.1 cm³/mol. The van der Waals surface area contributed by atoms with Crippen LogP contribution in [0.25, 0.3) is 6.08 Å². The van der Waals surface area contributed by atoms with Crippen LogP contribution in [0.5, 0.6) is 0 Å². The summed E-state index contributed by atoms with van der Waals surface area (Å²) in [6.45, 7) is 0. The van der Waals surface area contributed by atoms with Crippen molar-refractivity contribution in [1.82, 2.24) is 10.3 Å². The van der Waals surface area contributed by atoms with E-state index in [0.717, 1.165) is 0 Å². The molecule has 5 heteroatoms. The van der Waals surface area contributed by atoms with Crippen molar-refractivity contribution in [2.45, 2.75) is 0 Å². The molecule has 0 fully saturated rings. The molecule has 0 saturated carbocycles. The Morgan fingerprint density at radius 1 is 1.33 bits per heavy atom. The highest BCUT2D eigenvalue weighted by Crippen LogP contribution is 2.03. The summed E-state index contributed by atoms with van der Waals surface area (Å²) in [5, 5.41) is 2.38. The van der Waals surface area contributed by atoms with E-state index in [-0.39, 0.29) is 11.5 Å². The maximum Gasteiger partial charge on any atom is 0.291 e. The number of furan rings is 1. The first kappa shape index (κ1) is 11.8. The third-order valence-electron chi connectivity index (χ3n) is 2.08. The number of hydrogen-bond acceptors (Lipinski definition) is 4. The van der Waals surface area contributed by atoms with E-state index in [9.17, 15) is 9.59 Å². The number of aromatic nitrogens is 1. The first-order valence-corrected chi connectivity index (χ1v) is 5.15. The van der Waals surface area contributed by atoms with Gasteiger partial charge < -0.3 is 9.73 Å². The molecule has 89 valence electrons. The molecule has 18 heavy (non-hydrogen) atoms. The van der Waals surface area contributed by atoms with Gasteiger partial charge in [-0.1, -0.05) is 6.07 Å². The van der Waals surface area contributed by atoms with Crippen molar-refractivity contribution in [2.75, 3.05) is 0 Å². The van der Waals surface area contributed by atoms with E-state index in [2.05, 4.69) is 10.3 Å². The smallest absolute Gasteiger partial charge is 0.291 e. The van der Waals surface area contributed by atoms with Gasteiger partial charge >= 0.3 is 0 Å².